The van der Waals surface area contributed by atoms with Crippen molar-refractivity contribution in [3.63, 3.8) is 0 Å². The molecule has 0 spiro atoms. The van der Waals surface area contributed by atoms with Crippen molar-refractivity contribution < 1.29 is 13.2 Å². The highest BCUT2D eigenvalue weighted by Crippen LogP contribution is 2.34. The Morgan fingerprint density at radius 1 is 1.06 bits per heavy atom. The molecule has 0 saturated heterocycles. The van der Waals surface area contributed by atoms with Crippen LogP contribution in [0, 0.1) is 0 Å². The standard InChI is InChI=1S/C11H9F3N4/c12-11(13,14)8-1-2-16-5-7(8)10(15)9-6-17-3-4-18-9/h1-6,10H,15H2. The van der Waals surface area contributed by atoms with Gasteiger partial charge in [-0.1, -0.05) is 0 Å². The Morgan fingerprint density at radius 2 is 1.78 bits per heavy atom. The van der Waals surface area contributed by atoms with Crippen molar-refractivity contribution in [2.45, 2.75) is 12.2 Å². The third kappa shape index (κ3) is 2.45. The zero-order chi connectivity index (χ0) is 13.2. The largest absolute Gasteiger partial charge is 0.416 e. The van der Waals surface area contributed by atoms with Gasteiger partial charge in [-0.25, -0.2) is 0 Å². The Bertz CT molecular complexity index is 527. The minimum atomic E-state index is -4.47. The molecule has 2 aromatic heterocycles. The molecule has 0 aromatic carbocycles. The summed E-state index contributed by atoms with van der Waals surface area (Å²) in [5.74, 6) is 0. The fraction of sp³-hybridized carbons (Fsp3) is 0.182. The van der Waals surface area contributed by atoms with E-state index in [2.05, 4.69) is 15.0 Å². The van der Waals surface area contributed by atoms with E-state index in [4.69, 9.17) is 5.73 Å². The summed E-state index contributed by atoms with van der Waals surface area (Å²) in [5.41, 5.74) is 5.10. The van der Waals surface area contributed by atoms with Crippen LogP contribution in [0.25, 0.3) is 0 Å². The number of pyridine rings is 1. The number of nitrogens with two attached hydrogens (primary N) is 1. The maximum absolute atomic E-state index is 12.8. The molecule has 0 fully saturated rings. The summed E-state index contributed by atoms with van der Waals surface area (Å²) in [4.78, 5) is 11.4. The third-order valence-corrected chi connectivity index (χ3v) is 2.39. The Morgan fingerprint density at radius 3 is 2.39 bits per heavy atom. The Labute approximate surface area is 101 Å². The van der Waals surface area contributed by atoms with Crippen LogP contribution in [0.5, 0.6) is 0 Å². The summed E-state index contributed by atoms with van der Waals surface area (Å²) in [6.45, 7) is 0. The van der Waals surface area contributed by atoms with E-state index in [1.54, 1.807) is 0 Å². The summed E-state index contributed by atoms with van der Waals surface area (Å²) < 4.78 is 38.4. The van der Waals surface area contributed by atoms with Gasteiger partial charge < -0.3 is 5.73 Å². The van der Waals surface area contributed by atoms with Crippen LogP contribution in [0.3, 0.4) is 0 Å². The number of nitrogens with zero attached hydrogens (tertiary/aromatic N) is 3. The maximum atomic E-state index is 12.8. The minimum absolute atomic E-state index is 0.120. The number of alkyl halides is 3. The summed E-state index contributed by atoms with van der Waals surface area (Å²) in [6, 6.07) is -0.116. The Balaban J connectivity index is 2.46. The second kappa shape index (κ2) is 4.69. The predicted molar refractivity (Wildman–Crippen MR) is 57.3 cm³/mol. The number of aromatic nitrogens is 3. The average molecular weight is 254 g/mol. The molecule has 0 aliphatic heterocycles. The number of hydrogen-bond donors (Lipinski definition) is 1. The average Bonchev–Trinajstić information content (AvgIpc) is 2.38. The minimum Gasteiger partial charge on any atom is -0.319 e. The second-order valence-corrected chi connectivity index (χ2v) is 3.57. The fourth-order valence-electron chi connectivity index (χ4n) is 1.54. The highest BCUT2D eigenvalue weighted by atomic mass is 19.4. The summed E-state index contributed by atoms with van der Waals surface area (Å²) in [5, 5.41) is 0. The van der Waals surface area contributed by atoms with Crippen molar-refractivity contribution in [1.82, 2.24) is 15.0 Å². The topological polar surface area (TPSA) is 64.7 Å². The van der Waals surface area contributed by atoms with Gasteiger partial charge in [0, 0.05) is 30.4 Å². The monoisotopic (exact) mass is 254 g/mol. The van der Waals surface area contributed by atoms with Gasteiger partial charge in [-0.15, -0.1) is 0 Å². The molecule has 4 nitrogen and oxygen atoms in total. The van der Waals surface area contributed by atoms with Gasteiger partial charge in [-0.2, -0.15) is 13.2 Å². The SMILES string of the molecule is NC(c1cnccn1)c1cnccc1C(F)(F)F. The zero-order valence-corrected chi connectivity index (χ0v) is 9.09. The van der Waals surface area contributed by atoms with E-state index in [1.807, 2.05) is 0 Å². The van der Waals surface area contributed by atoms with Gasteiger partial charge in [-0.05, 0) is 6.07 Å². The second-order valence-electron chi connectivity index (χ2n) is 3.57. The lowest BCUT2D eigenvalue weighted by molar-refractivity contribution is -0.138. The number of hydrogen-bond acceptors (Lipinski definition) is 4. The molecule has 0 saturated carbocycles. The van der Waals surface area contributed by atoms with Crippen LogP contribution in [0.1, 0.15) is 22.9 Å². The fourth-order valence-corrected chi connectivity index (χ4v) is 1.54. The molecule has 0 radical (unpaired) electrons. The van der Waals surface area contributed by atoms with Crippen molar-refractivity contribution in [3.8, 4) is 0 Å². The van der Waals surface area contributed by atoms with E-state index >= 15 is 0 Å². The van der Waals surface area contributed by atoms with Crippen LogP contribution in [0.2, 0.25) is 0 Å². The summed E-state index contributed by atoms with van der Waals surface area (Å²) in [6.07, 6.45) is 1.83. The molecule has 1 atom stereocenters. The molecule has 2 heterocycles. The van der Waals surface area contributed by atoms with Crippen molar-refractivity contribution in [1.29, 1.82) is 0 Å². The first-order valence-corrected chi connectivity index (χ1v) is 5.02. The van der Waals surface area contributed by atoms with Crippen molar-refractivity contribution in [2.24, 2.45) is 5.73 Å². The van der Waals surface area contributed by atoms with E-state index in [0.717, 1.165) is 18.5 Å². The smallest absolute Gasteiger partial charge is 0.319 e. The molecule has 2 N–H and O–H groups in total. The molecule has 94 valence electrons. The Hall–Kier alpha value is -2.02. The highest BCUT2D eigenvalue weighted by molar-refractivity contribution is 5.33. The predicted octanol–water partition coefficient (Wildman–Crippen LogP) is 1.94. The van der Waals surface area contributed by atoms with Gasteiger partial charge in [0.1, 0.15) is 0 Å². The molecule has 2 rings (SSSR count). The molecule has 0 bridgehead atoms. The van der Waals surface area contributed by atoms with Gasteiger partial charge in [0.05, 0.1) is 23.5 Å². The molecule has 0 aliphatic rings. The lowest BCUT2D eigenvalue weighted by Crippen LogP contribution is -2.19. The first-order chi connectivity index (χ1) is 8.50. The normalized spacial score (nSPS) is 13.3. The quantitative estimate of drug-likeness (QED) is 0.889. The van der Waals surface area contributed by atoms with Gasteiger partial charge in [0.15, 0.2) is 0 Å². The van der Waals surface area contributed by atoms with Crippen LogP contribution < -0.4 is 5.73 Å². The summed E-state index contributed by atoms with van der Waals surface area (Å²) >= 11 is 0. The summed E-state index contributed by atoms with van der Waals surface area (Å²) in [7, 11) is 0. The molecule has 0 amide bonds. The van der Waals surface area contributed by atoms with Gasteiger partial charge in [0.2, 0.25) is 0 Å². The first-order valence-electron chi connectivity index (χ1n) is 5.02. The van der Waals surface area contributed by atoms with E-state index in [1.165, 1.54) is 18.6 Å². The van der Waals surface area contributed by atoms with Crippen molar-refractivity contribution in [3.05, 3.63) is 53.9 Å². The third-order valence-electron chi connectivity index (χ3n) is 2.39. The van der Waals surface area contributed by atoms with Crippen molar-refractivity contribution >= 4 is 0 Å². The maximum Gasteiger partial charge on any atom is 0.416 e. The van der Waals surface area contributed by atoms with E-state index in [0.29, 0.717) is 0 Å². The lowest BCUT2D eigenvalue weighted by Gasteiger charge is -2.16. The highest BCUT2D eigenvalue weighted by Gasteiger charge is 2.35. The van der Waals surface area contributed by atoms with Gasteiger partial charge in [-0.3, -0.25) is 15.0 Å². The molecule has 2 aromatic rings. The molecule has 18 heavy (non-hydrogen) atoms. The lowest BCUT2D eigenvalue weighted by atomic mass is 10.0. The molecule has 0 aliphatic carbocycles. The molecular weight excluding hydrogens is 245 g/mol. The van der Waals surface area contributed by atoms with Crippen LogP contribution >= 0.6 is 0 Å². The molecular formula is C11H9F3N4. The van der Waals surface area contributed by atoms with Gasteiger partial charge in [0.25, 0.3) is 0 Å². The van der Waals surface area contributed by atoms with Crippen LogP contribution in [0.4, 0.5) is 13.2 Å². The van der Waals surface area contributed by atoms with E-state index < -0.39 is 17.8 Å². The van der Waals surface area contributed by atoms with Crippen LogP contribution in [0.15, 0.2) is 37.1 Å². The van der Waals surface area contributed by atoms with Crippen LogP contribution in [-0.2, 0) is 6.18 Å². The van der Waals surface area contributed by atoms with Gasteiger partial charge >= 0.3 is 6.18 Å². The number of halogens is 3. The molecule has 7 heteroatoms. The number of rotatable bonds is 2. The molecule has 1 unspecified atom stereocenters. The van der Waals surface area contributed by atoms with E-state index in [-0.39, 0.29) is 11.3 Å². The van der Waals surface area contributed by atoms with Crippen LogP contribution in [-0.4, -0.2) is 15.0 Å². The Kier molecular flexibility index (Phi) is 3.24. The zero-order valence-electron chi connectivity index (χ0n) is 9.09. The van der Waals surface area contributed by atoms with Crippen molar-refractivity contribution in [2.75, 3.05) is 0 Å². The first kappa shape index (κ1) is 12.4. The van der Waals surface area contributed by atoms with E-state index in [9.17, 15) is 13.2 Å².